The summed E-state index contributed by atoms with van der Waals surface area (Å²) in [6, 6.07) is 3.72. The largest absolute Gasteiger partial charge is 0.388 e. The first-order valence-corrected chi connectivity index (χ1v) is 5.96. The number of hydrogen-bond acceptors (Lipinski definition) is 4. The van der Waals surface area contributed by atoms with Crippen molar-refractivity contribution in [1.29, 1.82) is 0 Å². The lowest BCUT2D eigenvalue weighted by molar-refractivity contribution is 0.756. The highest BCUT2D eigenvalue weighted by molar-refractivity contribution is 7.80. The maximum Gasteiger partial charge on any atom is 0.122 e. The van der Waals surface area contributed by atoms with Crippen LogP contribution in [0.5, 0.6) is 0 Å². The fourth-order valence-electron chi connectivity index (χ4n) is 1.66. The van der Waals surface area contributed by atoms with E-state index in [9.17, 15) is 0 Å². The molecule has 0 atom stereocenters. The zero-order chi connectivity index (χ0) is 13.1. The van der Waals surface area contributed by atoms with Crippen molar-refractivity contribution in [2.75, 3.05) is 5.32 Å². The van der Waals surface area contributed by atoms with Crippen molar-refractivity contribution in [1.82, 2.24) is 14.8 Å². The number of nitrogens with one attached hydrogen (secondary N) is 1. The van der Waals surface area contributed by atoms with Crippen molar-refractivity contribution in [2.45, 2.75) is 13.5 Å². The second kappa shape index (κ2) is 5.14. The van der Waals surface area contributed by atoms with E-state index in [1.54, 1.807) is 16.9 Å². The monoisotopic (exact) mass is 261 g/mol. The minimum absolute atomic E-state index is 0.310. The number of nitrogens with two attached hydrogens (primary N) is 1. The lowest BCUT2D eigenvalue weighted by Crippen LogP contribution is -2.11. The molecule has 0 spiro atoms. The van der Waals surface area contributed by atoms with Gasteiger partial charge >= 0.3 is 0 Å². The number of hydrogen-bond donors (Lipinski definition) is 2. The average Bonchev–Trinajstić information content (AvgIpc) is 2.66. The van der Waals surface area contributed by atoms with Crippen molar-refractivity contribution in [3.05, 3.63) is 41.5 Å². The lowest BCUT2D eigenvalue weighted by Gasteiger charge is -2.05. The van der Waals surface area contributed by atoms with E-state index in [4.69, 9.17) is 18.0 Å². The SMILES string of the molecule is Cc1nn(C)cc1CNc1ccc(C(N)=S)nc1. The smallest absolute Gasteiger partial charge is 0.122 e. The summed E-state index contributed by atoms with van der Waals surface area (Å²) in [6.45, 7) is 2.71. The predicted molar refractivity (Wildman–Crippen MR) is 75.4 cm³/mol. The first kappa shape index (κ1) is 12.5. The summed E-state index contributed by atoms with van der Waals surface area (Å²) in [5, 5.41) is 7.57. The van der Waals surface area contributed by atoms with Gasteiger partial charge in [0.2, 0.25) is 0 Å². The van der Waals surface area contributed by atoms with E-state index in [0.29, 0.717) is 17.2 Å². The molecule has 2 aromatic rings. The van der Waals surface area contributed by atoms with Crippen LogP contribution in [0, 0.1) is 6.92 Å². The third kappa shape index (κ3) is 2.84. The van der Waals surface area contributed by atoms with Gasteiger partial charge in [0.05, 0.1) is 23.3 Å². The fourth-order valence-corrected chi connectivity index (χ4v) is 1.78. The zero-order valence-electron chi connectivity index (χ0n) is 10.3. The molecule has 0 aromatic carbocycles. The summed E-state index contributed by atoms with van der Waals surface area (Å²) < 4.78 is 1.81. The summed E-state index contributed by atoms with van der Waals surface area (Å²) in [7, 11) is 1.91. The maximum absolute atomic E-state index is 5.49. The first-order valence-electron chi connectivity index (χ1n) is 5.55. The fraction of sp³-hybridized carbons (Fsp3) is 0.250. The van der Waals surface area contributed by atoms with E-state index in [2.05, 4.69) is 15.4 Å². The summed E-state index contributed by atoms with van der Waals surface area (Å²) in [4.78, 5) is 4.48. The third-order valence-corrected chi connectivity index (χ3v) is 2.82. The van der Waals surface area contributed by atoms with Crippen LogP contribution in [0.25, 0.3) is 0 Å². The van der Waals surface area contributed by atoms with E-state index in [-0.39, 0.29) is 0 Å². The Labute approximate surface area is 111 Å². The molecule has 2 aromatic heterocycles. The number of anilines is 1. The van der Waals surface area contributed by atoms with E-state index in [0.717, 1.165) is 16.9 Å². The molecule has 0 radical (unpaired) electrons. The molecule has 0 saturated carbocycles. The van der Waals surface area contributed by atoms with Crippen LogP contribution < -0.4 is 11.1 Å². The Kier molecular flexibility index (Phi) is 3.57. The predicted octanol–water partition coefficient (Wildman–Crippen LogP) is 1.37. The number of aromatic nitrogens is 3. The van der Waals surface area contributed by atoms with E-state index >= 15 is 0 Å². The molecule has 6 heteroatoms. The minimum atomic E-state index is 0.310. The molecular weight excluding hydrogens is 246 g/mol. The zero-order valence-corrected chi connectivity index (χ0v) is 11.2. The average molecular weight is 261 g/mol. The first-order chi connectivity index (χ1) is 8.56. The van der Waals surface area contributed by atoms with Gasteiger partial charge in [0.15, 0.2) is 0 Å². The van der Waals surface area contributed by atoms with Crippen LogP contribution >= 0.6 is 12.2 Å². The van der Waals surface area contributed by atoms with E-state index in [1.807, 2.05) is 26.2 Å². The van der Waals surface area contributed by atoms with Crippen LogP contribution in [0.1, 0.15) is 17.0 Å². The van der Waals surface area contributed by atoms with Gasteiger partial charge in [-0.3, -0.25) is 9.67 Å². The van der Waals surface area contributed by atoms with Gasteiger partial charge < -0.3 is 11.1 Å². The molecule has 0 bridgehead atoms. The molecule has 2 heterocycles. The van der Waals surface area contributed by atoms with Crippen LogP contribution in [0.4, 0.5) is 5.69 Å². The molecule has 2 rings (SSSR count). The van der Waals surface area contributed by atoms with Gasteiger partial charge in [-0.15, -0.1) is 0 Å². The molecule has 5 nitrogen and oxygen atoms in total. The van der Waals surface area contributed by atoms with Gasteiger partial charge in [0.25, 0.3) is 0 Å². The molecule has 94 valence electrons. The molecule has 0 aliphatic heterocycles. The van der Waals surface area contributed by atoms with Gasteiger partial charge in [0.1, 0.15) is 4.99 Å². The Bertz CT molecular complexity index is 558. The quantitative estimate of drug-likeness (QED) is 0.814. The maximum atomic E-state index is 5.49. The summed E-state index contributed by atoms with van der Waals surface area (Å²) in [5.41, 5.74) is 9.24. The molecule has 0 unspecified atom stereocenters. The summed E-state index contributed by atoms with van der Waals surface area (Å²) in [6.07, 6.45) is 3.72. The molecule has 0 fully saturated rings. The third-order valence-electron chi connectivity index (χ3n) is 2.61. The molecule has 0 amide bonds. The topological polar surface area (TPSA) is 68.8 Å². The van der Waals surface area contributed by atoms with Crippen LogP contribution in [0.3, 0.4) is 0 Å². The summed E-state index contributed by atoms with van der Waals surface area (Å²) >= 11 is 4.85. The number of rotatable bonds is 4. The van der Waals surface area contributed by atoms with E-state index in [1.165, 1.54) is 0 Å². The van der Waals surface area contributed by atoms with Gasteiger partial charge in [-0.25, -0.2) is 0 Å². The molecular formula is C12H15N5S. The highest BCUT2D eigenvalue weighted by Gasteiger charge is 2.03. The number of nitrogens with zero attached hydrogens (tertiary/aromatic N) is 3. The summed E-state index contributed by atoms with van der Waals surface area (Å²) in [5.74, 6) is 0. The van der Waals surface area contributed by atoms with Crippen LogP contribution in [0.15, 0.2) is 24.5 Å². The number of aryl methyl sites for hydroxylation is 2. The van der Waals surface area contributed by atoms with Crippen molar-refractivity contribution >= 4 is 22.9 Å². The Morgan fingerprint density at radius 3 is 2.78 bits per heavy atom. The minimum Gasteiger partial charge on any atom is -0.388 e. The van der Waals surface area contributed by atoms with Crippen LogP contribution in [-0.4, -0.2) is 19.8 Å². The van der Waals surface area contributed by atoms with Crippen LogP contribution in [-0.2, 0) is 13.6 Å². The van der Waals surface area contributed by atoms with Crippen molar-refractivity contribution in [2.24, 2.45) is 12.8 Å². The van der Waals surface area contributed by atoms with Crippen molar-refractivity contribution in [3.63, 3.8) is 0 Å². The molecule has 0 aliphatic carbocycles. The van der Waals surface area contributed by atoms with Crippen LogP contribution in [0.2, 0.25) is 0 Å². The van der Waals surface area contributed by atoms with E-state index < -0.39 is 0 Å². The number of thiocarbonyl (C=S) groups is 1. The Hall–Kier alpha value is -1.95. The Morgan fingerprint density at radius 2 is 2.28 bits per heavy atom. The number of pyridine rings is 1. The van der Waals surface area contributed by atoms with Gasteiger partial charge in [0, 0.05) is 25.4 Å². The molecule has 0 saturated heterocycles. The second-order valence-electron chi connectivity index (χ2n) is 4.06. The molecule has 18 heavy (non-hydrogen) atoms. The van der Waals surface area contributed by atoms with Crippen molar-refractivity contribution < 1.29 is 0 Å². The van der Waals surface area contributed by atoms with Gasteiger partial charge in [-0.05, 0) is 19.1 Å². The Morgan fingerprint density at radius 1 is 1.50 bits per heavy atom. The lowest BCUT2D eigenvalue weighted by atomic mass is 10.2. The van der Waals surface area contributed by atoms with Gasteiger partial charge in [-0.2, -0.15) is 5.10 Å². The normalized spacial score (nSPS) is 10.3. The second-order valence-corrected chi connectivity index (χ2v) is 4.50. The highest BCUT2D eigenvalue weighted by atomic mass is 32.1. The molecule has 0 aliphatic rings. The highest BCUT2D eigenvalue weighted by Crippen LogP contribution is 2.10. The standard InChI is InChI=1S/C12H15N5S/c1-8-9(7-17(2)16-8)5-14-10-3-4-11(12(13)18)15-6-10/h3-4,6-7,14H,5H2,1-2H3,(H2,13,18). The molecule has 3 N–H and O–H groups in total. The Balaban J connectivity index is 2.02. The van der Waals surface area contributed by atoms with Gasteiger partial charge in [-0.1, -0.05) is 12.2 Å². The van der Waals surface area contributed by atoms with Crippen molar-refractivity contribution in [3.8, 4) is 0 Å².